The molecule has 0 atom stereocenters. The van der Waals surface area contributed by atoms with E-state index in [4.69, 9.17) is 4.74 Å². The van der Waals surface area contributed by atoms with Gasteiger partial charge >= 0.3 is 0 Å². The molecule has 4 nitrogen and oxygen atoms in total. The predicted octanol–water partition coefficient (Wildman–Crippen LogP) is 5.21. The highest BCUT2D eigenvalue weighted by Gasteiger charge is 2.17. The van der Waals surface area contributed by atoms with E-state index < -0.39 is 5.60 Å². The van der Waals surface area contributed by atoms with Gasteiger partial charge in [0.05, 0.1) is 18.8 Å². The fourth-order valence-corrected chi connectivity index (χ4v) is 4.00. The molecule has 0 aliphatic heterocycles. The molecule has 0 spiro atoms. The Bertz CT molecular complexity index is 831. The standard InChI is InChI=1S/C24H32O4S/c1-4-18(8-7-13-24(27,5-2)6-3)23-12-11-22(29-23)17-28-21-10-9-19(15-25)20(14-21)16-26/h7-14,25-27H,4-6,15-17H2,1-3H3. The van der Waals surface area contributed by atoms with Crippen LogP contribution in [0.4, 0.5) is 0 Å². The zero-order valence-electron chi connectivity index (χ0n) is 17.5. The van der Waals surface area contributed by atoms with E-state index in [9.17, 15) is 15.3 Å². The van der Waals surface area contributed by atoms with Crippen molar-refractivity contribution in [1.29, 1.82) is 0 Å². The number of thiophene rings is 1. The lowest BCUT2D eigenvalue weighted by molar-refractivity contribution is 0.0828. The van der Waals surface area contributed by atoms with E-state index >= 15 is 0 Å². The number of rotatable bonds is 11. The summed E-state index contributed by atoms with van der Waals surface area (Å²) < 4.78 is 5.87. The predicted molar refractivity (Wildman–Crippen MR) is 120 cm³/mol. The van der Waals surface area contributed by atoms with Gasteiger partial charge < -0.3 is 20.1 Å². The van der Waals surface area contributed by atoms with Crippen molar-refractivity contribution in [3.05, 3.63) is 69.4 Å². The second-order valence-corrected chi connectivity index (χ2v) is 8.18. The summed E-state index contributed by atoms with van der Waals surface area (Å²) in [6.45, 7) is 6.33. The molecule has 0 aliphatic carbocycles. The fraction of sp³-hybridized carbons (Fsp3) is 0.417. The zero-order valence-corrected chi connectivity index (χ0v) is 18.3. The molecule has 0 fully saturated rings. The van der Waals surface area contributed by atoms with E-state index in [-0.39, 0.29) is 13.2 Å². The lowest BCUT2D eigenvalue weighted by Crippen LogP contribution is -2.22. The highest BCUT2D eigenvalue weighted by atomic mass is 32.1. The van der Waals surface area contributed by atoms with Gasteiger partial charge in [0.1, 0.15) is 12.4 Å². The molecule has 0 aliphatic rings. The summed E-state index contributed by atoms with van der Waals surface area (Å²) in [7, 11) is 0. The molecule has 0 saturated carbocycles. The van der Waals surface area contributed by atoms with Crippen LogP contribution in [-0.4, -0.2) is 20.9 Å². The average molecular weight is 417 g/mol. The molecule has 5 heteroatoms. The van der Waals surface area contributed by atoms with Crippen molar-refractivity contribution < 1.29 is 20.1 Å². The summed E-state index contributed by atoms with van der Waals surface area (Å²) in [4.78, 5) is 2.30. The van der Waals surface area contributed by atoms with Crippen molar-refractivity contribution in [3.63, 3.8) is 0 Å². The monoisotopic (exact) mass is 416 g/mol. The second-order valence-electron chi connectivity index (χ2n) is 7.02. The normalized spacial score (nSPS) is 12.7. The van der Waals surface area contributed by atoms with Crippen LogP contribution in [0.15, 0.2) is 48.6 Å². The Morgan fingerprint density at radius 3 is 2.38 bits per heavy atom. The molecule has 0 unspecified atom stereocenters. The maximum absolute atomic E-state index is 10.4. The van der Waals surface area contributed by atoms with Crippen molar-refractivity contribution in [2.75, 3.05) is 0 Å². The third kappa shape index (κ3) is 6.54. The number of allylic oxidation sites excluding steroid dienone is 3. The van der Waals surface area contributed by atoms with Gasteiger partial charge in [-0.05, 0) is 60.2 Å². The van der Waals surface area contributed by atoms with Gasteiger partial charge in [-0.2, -0.15) is 0 Å². The number of aliphatic hydroxyl groups is 3. The average Bonchev–Trinajstić information content (AvgIpc) is 3.23. The van der Waals surface area contributed by atoms with Crippen LogP contribution in [0, 0.1) is 0 Å². The Morgan fingerprint density at radius 2 is 1.76 bits per heavy atom. The molecule has 1 aromatic heterocycles. The van der Waals surface area contributed by atoms with Crippen molar-refractivity contribution in [2.45, 2.75) is 65.5 Å². The molecular formula is C24H32O4S. The van der Waals surface area contributed by atoms with Gasteiger partial charge in [0.2, 0.25) is 0 Å². The summed E-state index contributed by atoms with van der Waals surface area (Å²) in [6.07, 6.45) is 8.23. The summed E-state index contributed by atoms with van der Waals surface area (Å²) in [5, 5.41) is 29.1. The summed E-state index contributed by atoms with van der Waals surface area (Å²) in [5.41, 5.74) is 1.88. The van der Waals surface area contributed by atoms with Gasteiger partial charge in [0.25, 0.3) is 0 Å². The summed E-state index contributed by atoms with van der Waals surface area (Å²) >= 11 is 1.69. The third-order valence-corrected chi connectivity index (χ3v) is 6.32. The minimum absolute atomic E-state index is 0.0983. The van der Waals surface area contributed by atoms with Crippen molar-refractivity contribution in [3.8, 4) is 5.75 Å². The van der Waals surface area contributed by atoms with Gasteiger partial charge in [-0.1, -0.05) is 45.1 Å². The molecule has 2 rings (SSSR count). The van der Waals surface area contributed by atoms with Crippen LogP contribution in [0.3, 0.4) is 0 Å². The molecule has 0 amide bonds. The number of ether oxygens (including phenoxy) is 1. The maximum atomic E-state index is 10.4. The second kappa shape index (κ2) is 11.3. The first-order chi connectivity index (χ1) is 14.0. The molecule has 0 bridgehead atoms. The Hall–Kier alpha value is -1.92. The van der Waals surface area contributed by atoms with E-state index in [0.29, 0.717) is 36.3 Å². The first kappa shape index (κ1) is 23.4. The van der Waals surface area contributed by atoms with Crippen molar-refractivity contribution in [1.82, 2.24) is 0 Å². The largest absolute Gasteiger partial charge is 0.488 e. The summed E-state index contributed by atoms with van der Waals surface area (Å²) in [5.74, 6) is 0.675. The van der Waals surface area contributed by atoms with E-state index in [1.807, 2.05) is 32.1 Å². The molecule has 0 saturated heterocycles. The van der Waals surface area contributed by atoms with Crippen LogP contribution < -0.4 is 4.74 Å². The Balaban J connectivity index is 2.05. The molecular weight excluding hydrogens is 384 g/mol. The van der Waals surface area contributed by atoms with E-state index in [0.717, 1.165) is 11.3 Å². The van der Waals surface area contributed by atoms with Crippen LogP contribution in [-0.2, 0) is 19.8 Å². The van der Waals surface area contributed by atoms with Crippen LogP contribution in [0.1, 0.15) is 60.9 Å². The first-order valence-corrected chi connectivity index (χ1v) is 11.0. The maximum Gasteiger partial charge on any atom is 0.122 e. The Labute approximate surface area is 177 Å². The number of hydrogen-bond donors (Lipinski definition) is 3. The van der Waals surface area contributed by atoms with Crippen LogP contribution in [0.25, 0.3) is 5.57 Å². The Morgan fingerprint density at radius 1 is 1.03 bits per heavy atom. The minimum atomic E-state index is -0.733. The fourth-order valence-electron chi connectivity index (χ4n) is 2.98. The van der Waals surface area contributed by atoms with Crippen molar-refractivity contribution >= 4 is 16.9 Å². The smallest absolute Gasteiger partial charge is 0.122 e. The van der Waals surface area contributed by atoms with Gasteiger partial charge in [-0.3, -0.25) is 0 Å². The number of hydrogen-bond acceptors (Lipinski definition) is 5. The third-order valence-electron chi connectivity index (χ3n) is 5.19. The lowest BCUT2D eigenvalue weighted by atomic mass is 9.97. The SMILES string of the molecule is CCC(=CC=CC(O)(CC)CC)c1ccc(COc2ccc(CO)c(CO)c2)s1. The highest BCUT2D eigenvalue weighted by Crippen LogP contribution is 2.28. The first-order valence-electron chi connectivity index (χ1n) is 10.1. The van der Waals surface area contributed by atoms with Crippen LogP contribution in [0.2, 0.25) is 0 Å². The van der Waals surface area contributed by atoms with Crippen LogP contribution in [0.5, 0.6) is 5.75 Å². The molecule has 3 N–H and O–H groups in total. The molecule has 0 radical (unpaired) electrons. The quantitative estimate of drug-likeness (QED) is 0.440. The highest BCUT2D eigenvalue weighted by molar-refractivity contribution is 7.13. The molecule has 29 heavy (non-hydrogen) atoms. The van der Waals surface area contributed by atoms with Gasteiger partial charge in [-0.25, -0.2) is 0 Å². The topological polar surface area (TPSA) is 69.9 Å². The molecule has 1 aromatic carbocycles. The van der Waals surface area contributed by atoms with Gasteiger partial charge in [0.15, 0.2) is 0 Å². The van der Waals surface area contributed by atoms with Crippen molar-refractivity contribution in [2.24, 2.45) is 0 Å². The number of benzene rings is 1. The molecule has 158 valence electrons. The van der Waals surface area contributed by atoms with E-state index in [1.165, 1.54) is 10.5 Å². The van der Waals surface area contributed by atoms with E-state index in [1.54, 1.807) is 23.5 Å². The van der Waals surface area contributed by atoms with Crippen LogP contribution >= 0.6 is 11.3 Å². The lowest BCUT2D eigenvalue weighted by Gasteiger charge is -2.19. The Kier molecular flexibility index (Phi) is 9.11. The molecule has 1 heterocycles. The van der Waals surface area contributed by atoms with E-state index in [2.05, 4.69) is 25.1 Å². The zero-order chi connectivity index (χ0) is 21.3. The van der Waals surface area contributed by atoms with Gasteiger partial charge in [-0.15, -0.1) is 11.3 Å². The molecule has 2 aromatic rings. The number of aliphatic hydroxyl groups excluding tert-OH is 2. The minimum Gasteiger partial charge on any atom is -0.488 e. The van der Waals surface area contributed by atoms with Gasteiger partial charge in [0, 0.05) is 9.75 Å². The summed E-state index contributed by atoms with van der Waals surface area (Å²) in [6, 6.07) is 9.52.